The number of halogens is 4. The van der Waals surface area contributed by atoms with Gasteiger partial charge < -0.3 is 5.11 Å². The second-order valence-electron chi connectivity index (χ2n) is 3.52. The van der Waals surface area contributed by atoms with Crippen LogP contribution >= 0.6 is 0 Å². The molecule has 0 aliphatic carbocycles. The van der Waals surface area contributed by atoms with Gasteiger partial charge in [-0.25, -0.2) is 4.68 Å². The Hall–Kier alpha value is -1.89. The van der Waals surface area contributed by atoms with E-state index in [0.717, 1.165) is 0 Å². The van der Waals surface area contributed by atoms with E-state index in [4.69, 9.17) is 5.11 Å². The number of aliphatic hydroxyl groups excluding tert-OH is 1. The summed E-state index contributed by atoms with van der Waals surface area (Å²) in [4.78, 5) is 0. The van der Waals surface area contributed by atoms with Gasteiger partial charge in [0.25, 0.3) is 0 Å². The zero-order valence-corrected chi connectivity index (χ0v) is 8.95. The highest BCUT2D eigenvalue weighted by Crippen LogP contribution is 2.32. The fourth-order valence-electron chi connectivity index (χ4n) is 1.54. The summed E-state index contributed by atoms with van der Waals surface area (Å²) in [6.07, 6.45) is -4.81. The van der Waals surface area contributed by atoms with Crippen LogP contribution in [0.1, 0.15) is 11.3 Å². The van der Waals surface area contributed by atoms with Gasteiger partial charge in [-0.05, 0) is 12.1 Å². The second-order valence-corrected chi connectivity index (χ2v) is 3.52. The van der Waals surface area contributed by atoms with E-state index in [1.54, 1.807) is 18.2 Å². The SMILES string of the molecule is OCc1c(C(F)(F)F)nn(-c2ccccc2)c1F. The molecule has 0 atom stereocenters. The molecule has 7 heteroatoms. The number of rotatable bonds is 2. The molecule has 0 aliphatic rings. The summed E-state index contributed by atoms with van der Waals surface area (Å²) in [6, 6.07) is 7.56. The molecule has 0 aliphatic heterocycles. The Balaban J connectivity index is 2.61. The van der Waals surface area contributed by atoms with Crippen LogP contribution in [0.4, 0.5) is 17.6 Å². The Morgan fingerprint density at radius 1 is 1.17 bits per heavy atom. The average Bonchev–Trinajstić information content (AvgIpc) is 2.67. The van der Waals surface area contributed by atoms with Crippen molar-refractivity contribution in [3.63, 3.8) is 0 Å². The van der Waals surface area contributed by atoms with Gasteiger partial charge in [0.15, 0.2) is 5.69 Å². The molecular weight excluding hydrogens is 252 g/mol. The molecule has 0 fully saturated rings. The fourth-order valence-corrected chi connectivity index (χ4v) is 1.54. The first-order chi connectivity index (χ1) is 8.45. The van der Waals surface area contributed by atoms with Gasteiger partial charge in [-0.1, -0.05) is 18.2 Å². The molecule has 1 N–H and O–H groups in total. The van der Waals surface area contributed by atoms with E-state index in [-0.39, 0.29) is 5.69 Å². The first-order valence-corrected chi connectivity index (χ1v) is 4.96. The first-order valence-electron chi connectivity index (χ1n) is 4.96. The van der Waals surface area contributed by atoms with Gasteiger partial charge in [-0.3, -0.25) is 0 Å². The molecule has 0 unspecified atom stereocenters. The molecule has 3 nitrogen and oxygen atoms in total. The summed E-state index contributed by atoms with van der Waals surface area (Å²) in [5, 5.41) is 12.0. The van der Waals surface area contributed by atoms with Gasteiger partial charge in [-0.2, -0.15) is 22.7 Å². The third-order valence-corrected chi connectivity index (χ3v) is 2.35. The lowest BCUT2D eigenvalue weighted by atomic mass is 10.2. The van der Waals surface area contributed by atoms with Gasteiger partial charge in [-0.15, -0.1) is 0 Å². The van der Waals surface area contributed by atoms with Crippen LogP contribution < -0.4 is 0 Å². The minimum absolute atomic E-state index is 0.153. The molecule has 96 valence electrons. The summed E-state index contributed by atoms with van der Waals surface area (Å²) in [5.74, 6) is -1.21. The highest BCUT2D eigenvalue weighted by molar-refractivity contribution is 5.34. The van der Waals surface area contributed by atoms with Crippen molar-refractivity contribution in [2.24, 2.45) is 0 Å². The highest BCUT2D eigenvalue weighted by Gasteiger charge is 2.39. The number of benzene rings is 1. The molecule has 1 aromatic carbocycles. The quantitative estimate of drug-likeness (QED) is 0.842. The molecule has 0 bridgehead atoms. The van der Waals surface area contributed by atoms with Crippen molar-refractivity contribution in [2.75, 3.05) is 0 Å². The van der Waals surface area contributed by atoms with E-state index < -0.39 is 30.0 Å². The predicted molar refractivity (Wildman–Crippen MR) is 54.4 cm³/mol. The summed E-state index contributed by atoms with van der Waals surface area (Å²) in [6.45, 7) is -1.06. The fraction of sp³-hybridized carbons (Fsp3) is 0.182. The van der Waals surface area contributed by atoms with Gasteiger partial charge in [0.05, 0.1) is 17.9 Å². The number of hydrogen-bond donors (Lipinski definition) is 1. The minimum atomic E-state index is -4.81. The van der Waals surface area contributed by atoms with Crippen molar-refractivity contribution in [3.05, 3.63) is 47.5 Å². The third kappa shape index (κ3) is 2.08. The molecule has 0 radical (unpaired) electrons. The molecule has 2 rings (SSSR count). The molecule has 1 aromatic heterocycles. The maximum atomic E-state index is 13.7. The van der Waals surface area contributed by atoms with E-state index in [1.165, 1.54) is 12.1 Å². The maximum Gasteiger partial charge on any atom is 0.435 e. The zero-order valence-electron chi connectivity index (χ0n) is 8.95. The van der Waals surface area contributed by atoms with Gasteiger partial charge >= 0.3 is 6.18 Å². The number of nitrogens with zero attached hydrogens (tertiary/aromatic N) is 2. The maximum absolute atomic E-state index is 13.7. The number of alkyl halides is 3. The zero-order chi connectivity index (χ0) is 13.3. The van der Waals surface area contributed by atoms with Crippen LogP contribution in [0.15, 0.2) is 30.3 Å². The van der Waals surface area contributed by atoms with Crippen molar-refractivity contribution >= 4 is 0 Å². The molecule has 1 heterocycles. The normalized spacial score (nSPS) is 11.8. The molecule has 0 saturated heterocycles. The van der Waals surface area contributed by atoms with Crippen LogP contribution in [0.2, 0.25) is 0 Å². The number of aliphatic hydroxyl groups is 1. The van der Waals surface area contributed by atoms with Crippen LogP contribution in [0.25, 0.3) is 5.69 Å². The summed E-state index contributed by atoms with van der Waals surface area (Å²) in [7, 11) is 0. The van der Waals surface area contributed by atoms with Gasteiger partial charge in [0.1, 0.15) is 0 Å². The van der Waals surface area contributed by atoms with E-state index in [1.807, 2.05) is 0 Å². The van der Waals surface area contributed by atoms with Crippen molar-refractivity contribution < 1.29 is 22.7 Å². The van der Waals surface area contributed by atoms with Crippen molar-refractivity contribution in [2.45, 2.75) is 12.8 Å². The molecule has 0 amide bonds. The van der Waals surface area contributed by atoms with E-state index in [2.05, 4.69) is 5.10 Å². The number of para-hydroxylation sites is 1. The monoisotopic (exact) mass is 260 g/mol. The Bertz CT molecular complexity index is 548. The van der Waals surface area contributed by atoms with Gasteiger partial charge in [0, 0.05) is 0 Å². The minimum Gasteiger partial charge on any atom is -0.391 e. The molecule has 0 saturated carbocycles. The lowest BCUT2D eigenvalue weighted by Gasteiger charge is -2.03. The average molecular weight is 260 g/mol. The molecule has 0 spiro atoms. The van der Waals surface area contributed by atoms with Crippen molar-refractivity contribution in [3.8, 4) is 5.69 Å². The smallest absolute Gasteiger partial charge is 0.391 e. The first kappa shape index (κ1) is 12.6. The Morgan fingerprint density at radius 2 is 1.78 bits per heavy atom. The van der Waals surface area contributed by atoms with Crippen LogP contribution in [0.5, 0.6) is 0 Å². The predicted octanol–water partition coefficient (Wildman–Crippen LogP) is 2.52. The largest absolute Gasteiger partial charge is 0.435 e. The van der Waals surface area contributed by atoms with Crippen LogP contribution in [0, 0.1) is 5.95 Å². The summed E-state index contributed by atoms with van der Waals surface area (Å²) >= 11 is 0. The summed E-state index contributed by atoms with van der Waals surface area (Å²) < 4.78 is 52.0. The van der Waals surface area contributed by atoms with Crippen LogP contribution in [0.3, 0.4) is 0 Å². The Labute approximate surface area is 99.3 Å². The topological polar surface area (TPSA) is 38.1 Å². The van der Waals surface area contributed by atoms with E-state index in [9.17, 15) is 17.6 Å². The molecule has 18 heavy (non-hydrogen) atoms. The molecule has 2 aromatic rings. The Kier molecular flexibility index (Phi) is 3.08. The number of hydrogen-bond acceptors (Lipinski definition) is 2. The highest BCUT2D eigenvalue weighted by atomic mass is 19.4. The van der Waals surface area contributed by atoms with E-state index in [0.29, 0.717) is 4.68 Å². The van der Waals surface area contributed by atoms with Crippen LogP contribution in [-0.4, -0.2) is 14.9 Å². The lowest BCUT2D eigenvalue weighted by molar-refractivity contribution is -0.142. The number of aromatic nitrogens is 2. The van der Waals surface area contributed by atoms with E-state index >= 15 is 0 Å². The van der Waals surface area contributed by atoms with Crippen LogP contribution in [-0.2, 0) is 12.8 Å². The van der Waals surface area contributed by atoms with Crippen molar-refractivity contribution in [1.82, 2.24) is 9.78 Å². The second kappa shape index (κ2) is 4.41. The lowest BCUT2D eigenvalue weighted by Crippen LogP contribution is -2.09. The Morgan fingerprint density at radius 3 is 2.22 bits per heavy atom. The summed E-state index contributed by atoms with van der Waals surface area (Å²) in [5.41, 5.74) is -2.11. The van der Waals surface area contributed by atoms with Crippen molar-refractivity contribution in [1.29, 1.82) is 0 Å². The third-order valence-electron chi connectivity index (χ3n) is 2.35. The molecular formula is C11H8F4N2O. The van der Waals surface area contributed by atoms with Gasteiger partial charge in [0.2, 0.25) is 5.95 Å². The standard InChI is InChI=1S/C11H8F4N2O/c12-10-8(6-18)9(11(13,14)15)16-17(10)7-4-2-1-3-5-7/h1-5,18H,6H2.